The van der Waals surface area contributed by atoms with Gasteiger partial charge in [-0.2, -0.15) is 0 Å². The lowest BCUT2D eigenvalue weighted by Crippen LogP contribution is -2.44. The zero-order valence-corrected chi connectivity index (χ0v) is 17.0. The highest BCUT2D eigenvalue weighted by atomic mass is 16.7. The molecule has 2 nitrogen and oxygen atoms in total. The smallest absolute Gasteiger partial charge is 0.192 e. The average Bonchev–Trinajstić information content (AvgIpc) is 2.60. The van der Waals surface area contributed by atoms with E-state index in [0.29, 0.717) is 5.92 Å². The quantitative estimate of drug-likeness (QED) is 0.682. The highest BCUT2D eigenvalue weighted by Gasteiger charge is 2.50. The summed E-state index contributed by atoms with van der Waals surface area (Å²) >= 11 is 0. The number of fused-ring (bicyclic) bond motifs is 1. The first-order chi connectivity index (χ1) is 10.8. The van der Waals surface area contributed by atoms with E-state index in [4.69, 9.17) is 9.47 Å². The minimum absolute atomic E-state index is 0.0833. The highest BCUT2D eigenvalue weighted by molar-refractivity contribution is 5.51. The number of ether oxygens (including phenoxy) is 2. The summed E-state index contributed by atoms with van der Waals surface area (Å²) in [5, 5.41) is 0. The molecule has 0 amide bonds. The van der Waals surface area contributed by atoms with E-state index >= 15 is 0 Å². The summed E-state index contributed by atoms with van der Waals surface area (Å²) in [6.07, 6.45) is 0. The van der Waals surface area contributed by atoms with Crippen LogP contribution in [0.5, 0.6) is 0 Å². The molecule has 3 rings (SSSR count). The fraction of sp³-hybridized carbons (Fsp3) is 0.727. The topological polar surface area (TPSA) is 18.5 Å². The SMILES string of the molecule is Cc1cc2c(cc1C1(C)OCC(C)(C)CO1)C(C)(C)[C@@H](C)C2(C)C. The van der Waals surface area contributed by atoms with Gasteiger partial charge in [0.25, 0.3) is 0 Å². The van der Waals surface area contributed by atoms with Crippen molar-refractivity contribution < 1.29 is 9.47 Å². The van der Waals surface area contributed by atoms with E-state index in [1.807, 2.05) is 0 Å². The van der Waals surface area contributed by atoms with Crippen molar-refractivity contribution >= 4 is 0 Å². The van der Waals surface area contributed by atoms with Gasteiger partial charge in [-0.15, -0.1) is 0 Å². The van der Waals surface area contributed by atoms with Gasteiger partial charge in [0.1, 0.15) is 0 Å². The van der Waals surface area contributed by atoms with Gasteiger partial charge in [0.05, 0.1) is 13.2 Å². The predicted octanol–water partition coefficient (Wildman–Crippen LogP) is 5.45. The molecule has 1 saturated heterocycles. The van der Waals surface area contributed by atoms with Crippen LogP contribution < -0.4 is 0 Å². The van der Waals surface area contributed by atoms with Crippen LogP contribution in [0.1, 0.15) is 77.6 Å². The average molecular weight is 331 g/mol. The summed E-state index contributed by atoms with van der Waals surface area (Å²) in [5.74, 6) is -0.0460. The molecule has 134 valence electrons. The lowest BCUT2D eigenvalue weighted by atomic mass is 9.71. The molecule has 0 bridgehead atoms. The first-order valence-electron chi connectivity index (χ1n) is 9.25. The molecule has 0 N–H and O–H groups in total. The molecular weight excluding hydrogens is 296 g/mol. The van der Waals surface area contributed by atoms with Gasteiger partial charge in [0, 0.05) is 11.0 Å². The summed E-state index contributed by atoms with van der Waals surface area (Å²) in [6.45, 7) is 22.0. The Hall–Kier alpha value is -0.860. The molecule has 2 heteroatoms. The second-order valence-electron chi connectivity index (χ2n) is 10.1. The predicted molar refractivity (Wildman–Crippen MR) is 99.4 cm³/mol. The molecule has 1 fully saturated rings. The van der Waals surface area contributed by atoms with Crippen molar-refractivity contribution in [3.05, 3.63) is 34.4 Å². The van der Waals surface area contributed by atoms with Crippen molar-refractivity contribution in [2.45, 2.75) is 78.9 Å². The molecule has 2 aliphatic rings. The largest absolute Gasteiger partial charge is 0.345 e. The number of hydrogen-bond donors (Lipinski definition) is 0. The van der Waals surface area contributed by atoms with Crippen LogP contribution in [0.15, 0.2) is 12.1 Å². The van der Waals surface area contributed by atoms with Gasteiger partial charge in [0.15, 0.2) is 5.79 Å². The van der Waals surface area contributed by atoms with Gasteiger partial charge < -0.3 is 9.47 Å². The lowest BCUT2D eigenvalue weighted by Gasteiger charge is -2.42. The van der Waals surface area contributed by atoms with Crippen LogP contribution in [0.2, 0.25) is 0 Å². The monoisotopic (exact) mass is 330 g/mol. The summed E-state index contributed by atoms with van der Waals surface area (Å²) in [7, 11) is 0. The van der Waals surface area contributed by atoms with Crippen LogP contribution in [0, 0.1) is 18.3 Å². The lowest BCUT2D eigenvalue weighted by molar-refractivity contribution is -0.298. The van der Waals surface area contributed by atoms with Crippen molar-refractivity contribution in [2.24, 2.45) is 11.3 Å². The molecule has 0 aromatic heterocycles. The summed E-state index contributed by atoms with van der Waals surface area (Å²) in [4.78, 5) is 0. The van der Waals surface area contributed by atoms with E-state index in [0.717, 1.165) is 13.2 Å². The summed E-state index contributed by atoms with van der Waals surface area (Å²) in [5.41, 5.74) is 5.84. The fourth-order valence-electron chi connectivity index (χ4n) is 4.54. The molecular formula is C22H34O2. The van der Waals surface area contributed by atoms with Gasteiger partial charge in [-0.05, 0) is 53.4 Å². The summed E-state index contributed by atoms with van der Waals surface area (Å²) < 4.78 is 12.5. The Labute approximate surface area is 147 Å². The normalized spacial score (nSPS) is 29.3. The maximum Gasteiger partial charge on any atom is 0.192 e. The number of aryl methyl sites for hydroxylation is 1. The Balaban J connectivity index is 2.09. The van der Waals surface area contributed by atoms with Crippen LogP contribution in [-0.2, 0) is 26.1 Å². The molecule has 24 heavy (non-hydrogen) atoms. The number of benzene rings is 1. The van der Waals surface area contributed by atoms with E-state index in [1.54, 1.807) is 0 Å². The highest BCUT2D eigenvalue weighted by Crippen LogP contribution is 2.55. The molecule has 1 aromatic carbocycles. The van der Waals surface area contributed by atoms with Crippen molar-refractivity contribution in [1.29, 1.82) is 0 Å². The van der Waals surface area contributed by atoms with Gasteiger partial charge in [0.2, 0.25) is 0 Å². The molecule has 0 spiro atoms. The van der Waals surface area contributed by atoms with Crippen LogP contribution in [0.4, 0.5) is 0 Å². The standard InChI is InChI=1S/C22H34O2/c1-14-10-17-18(21(7,8)15(2)20(17,5)6)11-16(14)22(9)23-12-19(3,4)13-24-22/h10-11,15H,12-13H2,1-9H3/t15-/m0/s1. The Morgan fingerprint density at radius 1 is 0.792 bits per heavy atom. The van der Waals surface area contributed by atoms with Crippen molar-refractivity contribution in [3.63, 3.8) is 0 Å². The minimum Gasteiger partial charge on any atom is -0.345 e. The molecule has 1 aliphatic carbocycles. The number of rotatable bonds is 1. The molecule has 0 saturated carbocycles. The molecule has 1 atom stereocenters. The van der Waals surface area contributed by atoms with Crippen molar-refractivity contribution in [1.82, 2.24) is 0 Å². The second kappa shape index (κ2) is 5.08. The minimum atomic E-state index is -0.638. The van der Waals surface area contributed by atoms with Crippen LogP contribution in [0.3, 0.4) is 0 Å². The van der Waals surface area contributed by atoms with E-state index in [9.17, 15) is 0 Å². The Morgan fingerprint density at radius 2 is 1.25 bits per heavy atom. The van der Waals surface area contributed by atoms with Gasteiger partial charge in [-0.3, -0.25) is 0 Å². The summed E-state index contributed by atoms with van der Waals surface area (Å²) in [6, 6.07) is 4.75. The molecule has 1 aliphatic heterocycles. The Kier molecular flexibility index (Phi) is 3.80. The Bertz CT molecular complexity index is 657. The Morgan fingerprint density at radius 3 is 1.75 bits per heavy atom. The zero-order chi connectivity index (χ0) is 18.1. The van der Waals surface area contributed by atoms with E-state index < -0.39 is 5.79 Å². The van der Waals surface area contributed by atoms with E-state index in [2.05, 4.69) is 74.4 Å². The molecule has 0 radical (unpaired) electrons. The fourth-order valence-corrected chi connectivity index (χ4v) is 4.54. The van der Waals surface area contributed by atoms with E-state index in [1.165, 1.54) is 22.3 Å². The van der Waals surface area contributed by atoms with Crippen LogP contribution in [0.25, 0.3) is 0 Å². The first-order valence-corrected chi connectivity index (χ1v) is 9.25. The third-order valence-corrected chi connectivity index (χ3v) is 6.88. The molecule has 0 unspecified atom stereocenters. The maximum absolute atomic E-state index is 6.23. The van der Waals surface area contributed by atoms with Crippen molar-refractivity contribution in [2.75, 3.05) is 13.2 Å². The van der Waals surface area contributed by atoms with E-state index in [-0.39, 0.29) is 16.2 Å². The molecule has 1 heterocycles. The van der Waals surface area contributed by atoms with Gasteiger partial charge in [-0.25, -0.2) is 0 Å². The van der Waals surface area contributed by atoms with Crippen LogP contribution >= 0.6 is 0 Å². The second-order valence-corrected chi connectivity index (χ2v) is 10.1. The van der Waals surface area contributed by atoms with Crippen LogP contribution in [-0.4, -0.2) is 13.2 Å². The van der Waals surface area contributed by atoms with Gasteiger partial charge in [-0.1, -0.05) is 54.5 Å². The van der Waals surface area contributed by atoms with Crippen molar-refractivity contribution in [3.8, 4) is 0 Å². The maximum atomic E-state index is 6.23. The molecule has 1 aromatic rings. The third kappa shape index (κ3) is 2.45. The van der Waals surface area contributed by atoms with Gasteiger partial charge >= 0.3 is 0 Å². The first kappa shape index (κ1) is 17.9. The third-order valence-electron chi connectivity index (χ3n) is 6.88. The zero-order valence-electron chi connectivity index (χ0n) is 17.0. The number of hydrogen-bond acceptors (Lipinski definition) is 2.